The van der Waals surface area contributed by atoms with Crippen LogP contribution in [-0.2, 0) is 4.79 Å². The Morgan fingerprint density at radius 3 is 2.30 bits per heavy atom. The molecular weight excluding hydrogens is 452 g/mol. The molecule has 6 nitrogen and oxygen atoms in total. The van der Waals surface area contributed by atoms with Gasteiger partial charge in [-0.15, -0.1) is 10.2 Å². The van der Waals surface area contributed by atoms with E-state index in [4.69, 9.17) is 52.2 Å². The van der Waals surface area contributed by atoms with Crippen molar-refractivity contribution in [3.8, 4) is 11.4 Å². The summed E-state index contributed by atoms with van der Waals surface area (Å²) in [5.74, 6) is 6.18. The first-order valence-corrected chi connectivity index (χ1v) is 9.88. The molecule has 0 saturated heterocycles. The molecule has 27 heavy (non-hydrogen) atoms. The molecule has 0 fully saturated rings. The quantitative estimate of drug-likeness (QED) is 0.411. The molecule has 0 spiro atoms. The zero-order valence-electron chi connectivity index (χ0n) is 13.4. The van der Waals surface area contributed by atoms with Crippen LogP contribution in [0.4, 0.5) is 5.69 Å². The van der Waals surface area contributed by atoms with Crippen LogP contribution in [0.5, 0.6) is 0 Å². The van der Waals surface area contributed by atoms with E-state index < -0.39 is 0 Å². The summed E-state index contributed by atoms with van der Waals surface area (Å²) >= 11 is 25.0. The molecule has 0 bridgehead atoms. The molecule has 1 amide bonds. The summed E-state index contributed by atoms with van der Waals surface area (Å²) in [7, 11) is 0. The lowest BCUT2D eigenvalue weighted by Crippen LogP contribution is -2.17. The van der Waals surface area contributed by atoms with E-state index in [1.54, 1.807) is 24.3 Å². The molecule has 11 heteroatoms. The fourth-order valence-corrected chi connectivity index (χ4v) is 3.83. The lowest BCUT2D eigenvalue weighted by molar-refractivity contribution is -0.113. The Balaban J connectivity index is 1.67. The molecule has 1 heterocycles. The van der Waals surface area contributed by atoms with Crippen molar-refractivity contribution >= 4 is 69.8 Å². The molecular formula is C16H11Cl4N5OS. The zero-order valence-corrected chi connectivity index (χ0v) is 17.3. The third-order valence-corrected chi connectivity index (χ3v) is 5.38. The minimum atomic E-state index is -0.331. The van der Waals surface area contributed by atoms with Crippen LogP contribution in [0.25, 0.3) is 11.4 Å². The van der Waals surface area contributed by atoms with Crippen molar-refractivity contribution in [2.75, 3.05) is 16.9 Å². The predicted molar refractivity (Wildman–Crippen MR) is 111 cm³/mol. The number of hydrogen-bond donors (Lipinski definition) is 2. The van der Waals surface area contributed by atoms with Gasteiger partial charge in [0.2, 0.25) is 11.1 Å². The molecule has 0 saturated carbocycles. The molecule has 2 aromatic carbocycles. The van der Waals surface area contributed by atoms with Crippen molar-refractivity contribution in [3.63, 3.8) is 0 Å². The van der Waals surface area contributed by atoms with Crippen molar-refractivity contribution in [1.29, 1.82) is 0 Å². The Kier molecular flexibility index (Phi) is 6.39. The number of benzene rings is 2. The van der Waals surface area contributed by atoms with E-state index in [1.807, 2.05) is 0 Å². The van der Waals surface area contributed by atoms with Gasteiger partial charge in [-0.1, -0.05) is 58.2 Å². The van der Waals surface area contributed by atoms with Gasteiger partial charge in [0.15, 0.2) is 5.82 Å². The highest BCUT2D eigenvalue weighted by molar-refractivity contribution is 7.99. The van der Waals surface area contributed by atoms with E-state index >= 15 is 0 Å². The van der Waals surface area contributed by atoms with Crippen LogP contribution in [0.15, 0.2) is 41.6 Å². The number of nitrogens with two attached hydrogens (primary N) is 1. The van der Waals surface area contributed by atoms with E-state index in [-0.39, 0.29) is 21.7 Å². The van der Waals surface area contributed by atoms with E-state index in [0.29, 0.717) is 26.7 Å². The lowest BCUT2D eigenvalue weighted by Gasteiger charge is -2.09. The summed E-state index contributed by atoms with van der Waals surface area (Å²) in [4.78, 5) is 12.2. The molecule has 0 unspecified atom stereocenters. The summed E-state index contributed by atoms with van der Waals surface area (Å²) in [6.45, 7) is 0. The molecule has 3 rings (SSSR count). The van der Waals surface area contributed by atoms with Gasteiger partial charge in [0.05, 0.1) is 21.5 Å². The Hall–Kier alpha value is -1.64. The van der Waals surface area contributed by atoms with Crippen molar-refractivity contribution in [3.05, 3.63) is 56.5 Å². The van der Waals surface area contributed by atoms with Gasteiger partial charge in [-0.2, -0.15) is 0 Å². The third kappa shape index (κ3) is 4.80. The molecule has 0 radical (unpaired) electrons. The summed E-state index contributed by atoms with van der Waals surface area (Å²) in [6.07, 6.45) is 0. The summed E-state index contributed by atoms with van der Waals surface area (Å²) in [6, 6.07) is 10.00. The number of nitrogens with zero attached hydrogens (tertiary/aromatic N) is 3. The van der Waals surface area contributed by atoms with Crippen molar-refractivity contribution in [2.45, 2.75) is 5.16 Å². The highest BCUT2D eigenvalue weighted by Crippen LogP contribution is 2.34. The van der Waals surface area contributed by atoms with Crippen molar-refractivity contribution < 1.29 is 4.79 Å². The number of thioether (sulfide) groups is 1. The fraction of sp³-hybridized carbons (Fsp3) is 0.0625. The number of nitrogen functional groups attached to an aromatic ring is 1. The average Bonchev–Trinajstić information content (AvgIpc) is 2.98. The molecule has 3 aromatic rings. The van der Waals surface area contributed by atoms with Crippen LogP contribution in [-0.4, -0.2) is 26.5 Å². The van der Waals surface area contributed by atoms with Gasteiger partial charge in [0.25, 0.3) is 0 Å². The van der Waals surface area contributed by atoms with E-state index in [2.05, 4.69) is 15.5 Å². The number of rotatable bonds is 5. The smallest absolute Gasteiger partial charge is 0.234 e. The van der Waals surface area contributed by atoms with Crippen LogP contribution in [0.2, 0.25) is 20.1 Å². The molecule has 0 aliphatic heterocycles. The topological polar surface area (TPSA) is 85.8 Å². The molecule has 0 aliphatic carbocycles. The number of aromatic nitrogens is 3. The number of carbonyl (C=O) groups is 1. The number of nitrogens with one attached hydrogen (secondary N) is 1. The first-order valence-electron chi connectivity index (χ1n) is 7.39. The van der Waals surface area contributed by atoms with Crippen molar-refractivity contribution in [2.24, 2.45) is 0 Å². The average molecular weight is 463 g/mol. The summed E-state index contributed by atoms with van der Waals surface area (Å²) in [5.41, 5.74) is 1.05. The molecule has 140 valence electrons. The monoisotopic (exact) mass is 461 g/mol. The Labute approximate surface area is 178 Å². The largest absolute Gasteiger partial charge is 0.335 e. The minimum Gasteiger partial charge on any atom is -0.335 e. The maximum Gasteiger partial charge on any atom is 0.234 e. The van der Waals surface area contributed by atoms with Crippen LogP contribution >= 0.6 is 58.2 Å². The standard InChI is InChI=1S/C16H11Cl4N5OS/c17-9-3-1-8(2-4-9)15-23-24-16(25(15)21)27-7-13(26)22-14-11(19)5-10(18)6-12(14)20/h1-6H,7,21H2,(H,22,26). The van der Waals surface area contributed by atoms with Crippen LogP contribution in [0.1, 0.15) is 0 Å². The second kappa shape index (κ2) is 8.58. The first kappa shape index (κ1) is 20.1. The lowest BCUT2D eigenvalue weighted by atomic mass is 10.2. The van der Waals surface area contributed by atoms with Gasteiger partial charge in [-0.25, -0.2) is 4.68 Å². The number of halogens is 4. The van der Waals surface area contributed by atoms with Gasteiger partial charge in [0, 0.05) is 15.6 Å². The highest BCUT2D eigenvalue weighted by atomic mass is 35.5. The number of hydrogen-bond acceptors (Lipinski definition) is 5. The number of anilines is 1. The Morgan fingerprint density at radius 2 is 1.67 bits per heavy atom. The van der Waals surface area contributed by atoms with Crippen LogP contribution in [0.3, 0.4) is 0 Å². The summed E-state index contributed by atoms with van der Waals surface area (Å²) in [5, 5.41) is 12.6. The molecule has 0 atom stereocenters. The number of amides is 1. The second-order valence-electron chi connectivity index (χ2n) is 5.26. The molecule has 3 N–H and O–H groups in total. The van der Waals surface area contributed by atoms with Gasteiger partial charge in [0.1, 0.15) is 0 Å². The zero-order chi connectivity index (χ0) is 19.6. The van der Waals surface area contributed by atoms with Gasteiger partial charge in [-0.3, -0.25) is 4.79 Å². The highest BCUT2D eigenvalue weighted by Gasteiger charge is 2.15. The van der Waals surface area contributed by atoms with Crippen LogP contribution < -0.4 is 11.2 Å². The molecule has 0 aliphatic rings. The van der Waals surface area contributed by atoms with E-state index in [1.165, 1.54) is 16.8 Å². The molecule has 1 aromatic heterocycles. The second-order valence-corrected chi connectivity index (χ2v) is 7.89. The normalized spacial score (nSPS) is 10.8. The maximum absolute atomic E-state index is 12.2. The SMILES string of the molecule is Nn1c(SCC(=O)Nc2c(Cl)cc(Cl)cc2Cl)nnc1-c1ccc(Cl)cc1. The van der Waals surface area contributed by atoms with Gasteiger partial charge >= 0.3 is 0 Å². The van der Waals surface area contributed by atoms with Gasteiger partial charge in [-0.05, 0) is 36.4 Å². The van der Waals surface area contributed by atoms with Crippen molar-refractivity contribution in [1.82, 2.24) is 14.9 Å². The van der Waals surface area contributed by atoms with Gasteiger partial charge < -0.3 is 11.2 Å². The van der Waals surface area contributed by atoms with E-state index in [9.17, 15) is 4.79 Å². The minimum absolute atomic E-state index is 0.0330. The Bertz CT molecular complexity index is 970. The van der Waals surface area contributed by atoms with E-state index in [0.717, 1.165) is 17.3 Å². The third-order valence-electron chi connectivity index (χ3n) is 3.37. The fourth-order valence-electron chi connectivity index (χ4n) is 2.14. The number of carbonyl (C=O) groups excluding carboxylic acids is 1. The summed E-state index contributed by atoms with van der Waals surface area (Å²) < 4.78 is 1.31. The maximum atomic E-state index is 12.2. The predicted octanol–water partition coefficient (Wildman–Crippen LogP) is 5.00. The van der Waals surface area contributed by atoms with Crippen LogP contribution in [0, 0.1) is 0 Å². The first-order chi connectivity index (χ1) is 12.8. The Morgan fingerprint density at radius 1 is 1.04 bits per heavy atom.